The van der Waals surface area contributed by atoms with Crippen molar-refractivity contribution in [2.75, 3.05) is 33.2 Å². The van der Waals surface area contributed by atoms with Crippen molar-refractivity contribution in [1.82, 2.24) is 15.1 Å². The molecule has 23 heavy (non-hydrogen) atoms. The summed E-state index contributed by atoms with van der Waals surface area (Å²) >= 11 is 0. The van der Waals surface area contributed by atoms with Gasteiger partial charge in [0.15, 0.2) is 5.96 Å². The van der Waals surface area contributed by atoms with E-state index in [1.807, 2.05) is 0 Å². The highest BCUT2D eigenvalue weighted by Gasteiger charge is 2.14. The first-order valence-corrected chi connectivity index (χ1v) is 8.61. The van der Waals surface area contributed by atoms with Crippen LogP contribution in [0, 0.1) is 0 Å². The Morgan fingerprint density at radius 2 is 1.70 bits per heavy atom. The zero-order valence-corrected chi connectivity index (χ0v) is 16.5. The van der Waals surface area contributed by atoms with Crippen LogP contribution in [-0.2, 0) is 13.1 Å². The van der Waals surface area contributed by atoms with Crippen LogP contribution < -0.4 is 5.32 Å². The molecule has 0 bridgehead atoms. The summed E-state index contributed by atoms with van der Waals surface area (Å²) in [4.78, 5) is 9.32. The van der Waals surface area contributed by atoms with Gasteiger partial charge in [-0.25, -0.2) is 0 Å². The maximum Gasteiger partial charge on any atom is 0.194 e. The first-order valence-electron chi connectivity index (χ1n) is 8.61. The van der Waals surface area contributed by atoms with Gasteiger partial charge in [-0.3, -0.25) is 9.89 Å². The summed E-state index contributed by atoms with van der Waals surface area (Å²) in [5.74, 6) is 1.03. The molecular formula is C18H29IN4. The Morgan fingerprint density at radius 3 is 2.35 bits per heavy atom. The zero-order chi connectivity index (χ0) is 15.2. The van der Waals surface area contributed by atoms with Crippen molar-refractivity contribution < 1.29 is 0 Å². The van der Waals surface area contributed by atoms with E-state index >= 15 is 0 Å². The smallest absolute Gasteiger partial charge is 0.194 e. The van der Waals surface area contributed by atoms with Crippen LogP contribution in [0.2, 0.25) is 0 Å². The molecule has 128 valence electrons. The number of likely N-dealkylation sites (tertiary alicyclic amines) is 1. The Morgan fingerprint density at radius 1 is 1.00 bits per heavy atom. The number of benzene rings is 1. The molecule has 0 amide bonds. The monoisotopic (exact) mass is 428 g/mol. The molecule has 0 saturated carbocycles. The van der Waals surface area contributed by atoms with Crippen molar-refractivity contribution >= 4 is 29.9 Å². The number of nitrogens with one attached hydrogen (secondary N) is 1. The summed E-state index contributed by atoms with van der Waals surface area (Å²) in [7, 11) is 2.10. The summed E-state index contributed by atoms with van der Waals surface area (Å²) in [5.41, 5.74) is 2.85. The molecular weight excluding hydrogens is 399 g/mol. The lowest BCUT2D eigenvalue weighted by Gasteiger charge is -2.22. The average Bonchev–Trinajstić information content (AvgIpc) is 2.78. The van der Waals surface area contributed by atoms with Crippen LogP contribution in [0.25, 0.3) is 0 Å². The number of rotatable bonds is 4. The molecule has 1 fully saturated rings. The molecule has 4 nitrogen and oxygen atoms in total. The average molecular weight is 428 g/mol. The minimum atomic E-state index is 0. The number of aliphatic imine (C=N–C) groups is 1. The summed E-state index contributed by atoms with van der Waals surface area (Å²) in [6, 6.07) is 8.83. The second kappa shape index (κ2) is 9.47. The standard InChI is InChI=1S/C18H28N4.HI/c1-21-13-10-19-18(21)20-14-16-8-4-5-9-17(16)15-22-11-6-2-3-7-12-22;/h4-5,8-9H,2-3,6-7,10-15H2,1H3,(H,19,20);1H. The van der Waals surface area contributed by atoms with Gasteiger partial charge in [0.25, 0.3) is 0 Å². The van der Waals surface area contributed by atoms with Gasteiger partial charge in [0.05, 0.1) is 6.54 Å². The van der Waals surface area contributed by atoms with Crippen LogP contribution in [0.5, 0.6) is 0 Å². The molecule has 2 aliphatic rings. The number of hydrogen-bond acceptors (Lipinski definition) is 4. The topological polar surface area (TPSA) is 30.9 Å². The van der Waals surface area contributed by atoms with Crippen molar-refractivity contribution in [3.8, 4) is 0 Å². The highest BCUT2D eigenvalue weighted by atomic mass is 127. The first kappa shape index (κ1) is 18.5. The van der Waals surface area contributed by atoms with E-state index < -0.39 is 0 Å². The van der Waals surface area contributed by atoms with Crippen molar-refractivity contribution in [3.63, 3.8) is 0 Å². The minimum Gasteiger partial charge on any atom is -0.352 e. The number of nitrogens with zero attached hydrogens (tertiary/aromatic N) is 3. The molecule has 0 unspecified atom stereocenters. The zero-order valence-electron chi connectivity index (χ0n) is 14.1. The number of guanidine groups is 1. The third-order valence-electron chi connectivity index (χ3n) is 4.71. The Balaban J connectivity index is 0.00000192. The second-order valence-corrected chi connectivity index (χ2v) is 6.44. The summed E-state index contributed by atoms with van der Waals surface area (Å²) in [6.07, 6.45) is 5.49. The molecule has 0 radical (unpaired) electrons. The molecule has 1 aromatic carbocycles. The molecule has 1 aromatic rings. The minimum absolute atomic E-state index is 0. The maximum absolute atomic E-state index is 4.51. The Hall–Kier alpha value is -0.820. The quantitative estimate of drug-likeness (QED) is 0.748. The lowest BCUT2D eigenvalue weighted by atomic mass is 10.1. The van der Waals surface area contributed by atoms with E-state index in [2.05, 4.69) is 51.4 Å². The van der Waals surface area contributed by atoms with E-state index in [4.69, 9.17) is 0 Å². The normalized spacial score (nSPS) is 19.0. The Labute approximate surface area is 157 Å². The van der Waals surface area contributed by atoms with Crippen LogP contribution in [0.3, 0.4) is 0 Å². The van der Waals surface area contributed by atoms with Gasteiger partial charge in [0.2, 0.25) is 0 Å². The molecule has 2 heterocycles. The fourth-order valence-corrected chi connectivity index (χ4v) is 3.32. The first-order chi connectivity index (χ1) is 10.8. The van der Waals surface area contributed by atoms with E-state index in [-0.39, 0.29) is 24.0 Å². The lowest BCUT2D eigenvalue weighted by molar-refractivity contribution is 0.276. The number of hydrogen-bond donors (Lipinski definition) is 1. The van der Waals surface area contributed by atoms with E-state index in [1.165, 1.54) is 49.9 Å². The SMILES string of the molecule is CN1CCN=C1NCc1ccccc1CN1CCCCCC1.I. The van der Waals surface area contributed by atoms with E-state index in [9.17, 15) is 0 Å². The van der Waals surface area contributed by atoms with Gasteiger partial charge in [0.1, 0.15) is 0 Å². The van der Waals surface area contributed by atoms with Crippen LogP contribution in [0.1, 0.15) is 36.8 Å². The van der Waals surface area contributed by atoms with Gasteiger partial charge in [-0.1, -0.05) is 37.1 Å². The highest BCUT2D eigenvalue weighted by molar-refractivity contribution is 14.0. The second-order valence-electron chi connectivity index (χ2n) is 6.44. The van der Waals surface area contributed by atoms with Crippen molar-refractivity contribution in [3.05, 3.63) is 35.4 Å². The van der Waals surface area contributed by atoms with E-state index in [0.717, 1.165) is 32.1 Å². The van der Waals surface area contributed by atoms with E-state index in [1.54, 1.807) is 0 Å². The summed E-state index contributed by atoms with van der Waals surface area (Å²) < 4.78 is 0. The third kappa shape index (κ3) is 5.35. The molecule has 0 aliphatic carbocycles. The van der Waals surface area contributed by atoms with Crippen molar-refractivity contribution in [2.24, 2.45) is 4.99 Å². The summed E-state index contributed by atoms with van der Waals surface area (Å²) in [6.45, 7) is 6.38. The fraction of sp³-hybridized carbons (Fsp3) is 0.611. The summed E-state index contributed by atoms with van der Waals surface area (Å²) in [5, 5.41) is 3.50. The third-order valence-corrected chi connectivity index (χ3v) is 4.71. The van der Waals surface area contributed by atoms with Gasteiger partial charge in [-0.2, -0.15) is 0 Å². The fourth-order valence-electron chi connectivity index (χ4n) is 3.32. The molecule has 1 saturated heterocycles. The van der Waals surface area contributed by atoms with Crippen LogP contribution in [0.15, 0.2) is 29.3 Å². The molecule has 0 atom stereocenters. The predicted molar refractivity (Wildman–Crippen MR) is 107 cm³/mol. The van der Waals surface area contributed by atoms with Crippen LogP contribution in [-0.4, -0.2) is 49.0 Å². The highest BCUT2D eigenvalue weighted by Crippen LogP contribution is 2.16. The molecule has 0 spiro atoms. The maximum atomic E-state index is 4.51. The van der Waals surface area contributed by atoms with Gasteiger partial charge < -0.3 is 10.2 Å². The number of halogens is 1. The lowest BCUT2D eigenvalue weighted by Crippen LogP contribution is -2.35. The van der Waals surface area contributed by atoms with Crippen molar-refractivity contribution in [2.45, 2.75) is 38.8 Å². The van der Waals surface area contributed by atoms with Gasteiger partial charge >= 0.3 is 0 Å². The van der Waals surface area contributed by atoms with Crippen LogP contribution in [0.4, 0.5) is 0 Å². The van der Waals surface area contributed by atoms with Crippen molar-refractivity contribution in [1.29, 1.82) is 0 Å². The molecule has 0 aromatic heterocycles. The Kier molecular flexibility index (Phi) is 7.62. The largest absolute Gasteiger partial charge is 0.352 e. The van der Waals surface area contributed by atoms with E-state index in [0.29, 0.717) is 0 Å². The Bertz CT molecular complexity index is 509. The molecule has 1 N–H and O–H groups in total. The van der Waals surface area contributed by atoms with Gasteiger partial charge in [0, 0.05) is 26.7 Å². The molecule has 3 rings (SSSR count). The number of likely N-dealkylation sites (N-methyl/N-ethyl adjacent to an activating group) is 1. The van der Waals surface area contributed by atoms with Gasteiger partial charge in [-0.05, 0) is 37.1 Å². The molecule has 2 aliphatic heterocycles. The molecule has 5 heteroatoms. The predicted octanol–water partition coefficient (Wildman–Crippen LogP) is 3.07. The van der Waals surface area contributed by atoms with Gasteiger partial charge in [-0.15, -0.1) is 24.0 Å². The van der Waals surface area contributed by atoms with Crippen LogP contribution >= 0.6 is 24.0 Å².